The second kappa shape index (κ2) is 5.55. The van der Waals surface area contributed by atoms with Crippen molar-refractivity contribution in [2.45, 2.75) is 37.3 Å². The minimum absolute atomic E-state index is 0.0420. The normalized spacial score (nSPS) is 13.0. The van der Waals surface area contributed by atoms with E-state index in [4.69, 9.17) is 0 Å². The minimum Gasteiger partial charge on any atom is -0.309 e. The fourth-order valence-electron chi connectivity index (χ4n) is 2.06. The van der Waals surface area contributed by atoms with Crippen LogP contribution in [0.1, 0.15) is 34.1 Å². The van der Waals surface area contributed by atoms with E-state index in [-0.39, 0.29) is 10.8 Å². The Morgan fingerprint density at radius 2 is 2.05 bits per heavy atom. The first kappa shape index (κ1) is 14.7. The topological polar surface area (TPSA) is 58.6 Å². The summed E-state index contributed by atoms with van der Waals surface area (Å²) in [6, 6.07) is 0. The van der Waals surface area contributed by atoms with Crippen molar-refractivity contribution >= 4 is 44.7 Å². The summed E-state index contributed by atoms with van der Waals surface area (Å²) in [6.45, 7) is 8.02. The van der Waals surface area contributed by atoms with Gasteiger partial charge in [0.05, 0.1) is 10.6 Å². The van der Waals surface area contributed by atoms with Gasteiger partial charge in [0, 0.05) is 16.0 Å². The second-order valence-corrected chi connectivity index (χ2v) is 8.58. The monoisotopic (exact) mass is 337 g/mol. The van der Waals surface area contributed by atoms with Gasteiger partial charge in [-0.1, -0.05) is 11.8 Å². The van der Waals surface area contributed by atoms with Gasteiger partial charge < -0.3 is 4.98 Å². The molecular weight excluding hydrogens is 322 g/mol. The zero-order chi connectivity index (χ0) is 15.1. The third-order valence-corrected chi connectivity index (χ3v) is 6.62. The molecular formula is C14H15N3OS3. The molecule has 0 saturated carbocycles. The van der Waals surface area contributed by atoms with Crippen molar-refractivity contribution in [2.75, 3.05) is 0 Å². The maximum Gasteiger partial charge on any atom is 0.259 e. The minimum atomic E-state index is -0.0420. The molecule has 7 heteroatoms. The summed E-state index contributed by atoms with van der Waals surface area (Å²) >= 11 is 4.83. The summed E-state index contributed by atoms with van der Waals surface area (Å²) in [6.07, 6.45) is 0. The lowest BCUT2D eigenvalue weighted by Gasteiger charge is -2.08. The molecule has 0 aliphatic rings. The number of thiazole rings is 1. The van der Waals surface area contributed by atoms with Crippen LogP contribution in [0.5, 0.6) is 0 Å². The number of hydrogen-bond donors (Lipinski definition) is 1. The van der Waals surface area contributed by atoms with Crippen LogP contribution < -0.4 is 5.56 Å². The van der Waals surface area contributed by atoms with Gasteiger partial charge in [-0.25, -0.2) is 9.97 Å². The van der Waals surface area contributed by atoms with Crippen molar-refractivity contribution in [2.24, 2.45) is 0 Å². The van der Waals surface area contributed by atoms with E-state index < -0.39 is 0 Å². The van der Waals surface area contributed by atoms with Crippen molar-refractivity contribution in [3.8, 4) is 0 Å². The predicted molar refractivity (Wildman–Crippen MR) is 90.8 cm³/mol. The van der Waals surface area contributed by atoms with E-state index in [1.165, 1.54) is 0 Å². The average Bonchev–Trinajstić information content (AvgIpc) is 2.94. The molecule has 0 unspecified atom stereocenters. The van der Waals surface area contributed by atoms with E-state index in [9.17, 15) is 4.79 Å². The Morgan fingerprint density at radius 1 is 1.29 bits per heavy atom. The summed E-state index contributed by atoms with van der Waals surface area (Å²) in [4.78, 5) is 26.3. The molecule has 3 heterocycles. The number of nitrogens with one attached hydrogen (secondary N) is 1. The molecule has 0 amide bonds. The van der Waals surface area contributed by atoms with Crippen LogP contribution in [-0.4, -0.2) is 15.0 Å². The Hall–Kier alpha value is -1.18. The molecule has 0 bridgehead atoms. The summed E-state index contributed by atoms with van der Waals surface area (Å²) in [5.74, 6) is 0.714. The van der Waals surface area contributed by atoms with Gasteiger partial charge in [-0.15, -0.1) is 22.7 Å². The summed E-state index contributed by atoms with van der Waals surface area (Å²) < 4.78 is 1.00. The van der Waals surface area contributed by atoms with Crippen molar-refractivity contribution in [1.82, 2.24) is 15.0 Å². The van der Waals surface area contributed by atoms with Gasteiger partial charge in [0.2, 0.25) is 0 Å². The molecule has 4 nitrogen and oxygen atoms in total. The molecule has 3 rings (SSSR count). The van der Waals surface area contributed by atoms with E-state index in [0.717, 1.165) is 30.7 Å². The van der Waals surface area contributed by atoms with E-state index in [2.05, 4.69) is 15.0 Å². The average molecular weight is 337 g/mol. The number of aromatic nitrogens is 3. The molecule has 0 fully saturated rings. The van der Waals surface area contributed by atoms with E-state index in [1.807, 2.05) is 33.1 Å². The number of fused-ring (bicyclic) bond motifs is 1. The molecule has 1 atom stereocenters. The number of aromatic amines is 1. The SMILES string of the molecule is Cc1csc(S[C@H](C)c2nc3sc(C)c(C)c3c(=O)[nH]2)n1. The number of nitrogens with zero attached hydrogens (tertiary/aromatic N) is 2. The molecule has 3 aromatic heterocycles. The molecule has 1 N–H and O–H groups in total. The molecule has 21 heavy (non-hydrogen) atoms. The summed E-state index contributed by atoms with van der Waals surface area (Å²) in [5, 5.41) is 2.82. The number of aryl methyl sites for hydroxylation is 3. The van der Waals surface area contributed by atoms with Crippen LogP contribution in [0.2, 0.25) is 0 Å². The zero-order valence-electron chi connectivity index (χ0n) is 12.2. The molecule has 0 aliphatic carbocycles. The van der Waals surface area contributed by atoms with Gasteiger partial charge >= 0.3 is 0 Å². The number of rotatable bonds is 3. The molecule has 3 aromatic rings. The maximum absolute atomic E-state index is 12.3. The van der Waals surface area contributed by atoms with Gasteiger partial charge in [-0.05, 0) is 33.3 Å². The highest BCUT2D eigenvalue weighted by atomic mass is 32.2. The van der Waals surface area contributed by atoms with Crippen LogP contribution in [0.25, 0.3) is 10.2 Å². The van der Waals surface area contributed by atoms with Crippen LogP contribution in [0.3, 0.4) is 0 Å². The molecule has 0 saturated heterocycles. The largest absolute Gasteiger partial charge is 0.309 e. The fraction of sp³-hybridized carbons (Fsp3) is 0.357. The summed E-state index contributed by atoms with van der Waals surface area (Å²) in [5.41, 5.74) is 2.02. The zero-order valence-corrected chi connectivity index (χ0v) is 14.6. The Kier molecular flexibility index (Phi) is 3.90. The standard InChI is InChI=1S/C14H15N3OS3/c1-6-5-19-14(15-6)21-9(4)11-16-12(18)10-7(2)8(3)20-13(10)17-11/h5,9H,1-4H3,(H,16,17,18)/t9-/m1/s1. The van der Waals surface area contributed by atoms with Crippen molar-refractivity contribution < 1.29 is 0 Å². The van der Waals surface area contributed by atoms with E-state index in [0.29, 0.717) is 5.82 Å². The number of H-pyrrole nitrogens is 1. The van der Waals surface area contributed by atoms with Crippen molar-refractivity contribution in [1.29, 1.82) is 0 Å². The third-order valence-electron chi connectivity index (χ3n) is 3.32. The van der Waals surface area contributed by atoms with Crippen molar-refractivity contribution in [3.63, 3.8) is 0 Å². The highest BCUT2D eigenvalue weighted by Gasteiger charge is 2.17. The molecule has 0 aliphatic heterocycles. The van der Waals surface area contributed by atoms with Gasteiger partial charge in [0.15, 0.2) is 4.34 Å². The lowest BCUT2D eigenvalue weighted by atomic mass is 10.2. The van der Waals surface area contributed by atoms with Crippen LogP contribution >= 0.6 is 34.4 Å². The Labute approximate surface area is 134 Å². The van der Waals surface area contributed by atoms with Crippen LogP contribution in [-0.2, 0) is 0 Å². The van der Waals surface area contributed by atoms with Gasteiger partial charge in [0.1, 0.15) is 10.7 Å². The molecule has 0 spiro atoms. The summed E-state index contributed by atoms with van der Waals surface area (Å²) in [7, 11) is 0. The second-order valence-electron chi connectivity index (χ2n) is 4.93. The third kappa shape index (κ3) is 2.77. The van der Waals surface area contributed by atoms with Crippen molar-refractivity contribution in [3.05, 3.63) is 37.7 Å². The van der Waals surface area contributed by atoms with Gasteiger partial charge in [0.25, 0.3) is 5.56 Å². The number of thiophene rings is 1. The molecule has 110 valence electrons. The van der Waals surface area contributed by atoms with Crippen LogP contribution in [0.4, 0.5) is 0 Å². The van der Waals surface area contributed by atoms with E-state index >= 15 is 0 Å². The van der Waals surface area contributed by atoms with Crippen LogP contribution in [0.15, 0.2) is 14.5 Å². The Bertz CT molecular complexity index is 862. The highest BCUT2D eigenvalue weighted by molar-refractivity contribution is 8.01. The Morgan fingerprint density at radius 3 is 2.71 bits per heavy atom. The Balaban J connectivity index is 1.98. The van der Waals surface area contributed by atoms with E-state index in [1.54, 1.807) is 34.4 Å². The van der Waals surface area contributed by atoms with Gasteiger partial charge in [-0.3, -0.25) is 4.79 Å². The molecule has 0 aromatic carbocycles. The predicted octanol–water partition coefficient (Wildman–Crippen LogP) is 4.22. The molecule has 0 radical (unpaired) electrons. The first-order valence-corrected chi connectivity index (χ1v) is 9.12. The lowest BCUT2D eigenvalue weighted by molar-refractivity contribution is 0.923. The first-order chi connectivity index (χ1) is 9.95. The fourth-order valence-corrected chi connectivity index (χ4v) is 5.14. The highest BCUT2D eigenvalue weighted by Crippen LogP contribution is 2.35. The number of hydrogen-bond acceptors (Lipinski definition) is 6. The quantitative estimate of drug-likeness (QED) is 0.727. The smallest absolute Gasteiger partial charge is 0.259 e. The number of thioether (sulfide) groups is 1. The van der Waals surface area contributed by atoms with Crippen LogP contribution in [0, 0.1) is 20.8 Å². The maximum atomic E-state index is 12.3. The first-order valence-electron chi connectivity index (χ1n) is 6.54. The lowest BCUT2D eigenvalue weighted by Crippen LogP contribution is -2.12. The van der Waals surface area contributed by atoms with Gasteiger partial charge in [-0.2, -0.15) is 0 Å².